The van der Waals surface area contributed by atoms with Crippen LogP contribution in [0.4, 0.5) is 5.69 Å². The Bertz CT molecular complexity index is 625. The molecule has 0 fully saturated rings. The third-order valence-electron chi connectivity index (χ3n) is 3.50. The van der Waals surface area contributed by atoms with E-state index in [1.807, 2.05) is 24.3 Å². The molecule has 4 heteroatoms. The summed E-state index contributed by atoms with van der Waals surface area (Å²) in [6.45, 7) is 0.738. The van der Waals surface area contributed by atoms with Gasteiger partial charge in [0.05, 0.1) is 18.3 Å². The average molecular weight is 330 g/mol. The molecule has 0 spiro atoms. The van der Waals surface area contributed by atoms with Crippen molar-refractivity contribution < 1.29 is 0 Å². The molecule has 1 aliphatic rings. The van der Waals surface area contributed by atoms with Crippen LogP contribution in [0.1, 0.15) is 5.56 Å². The van der Waals surface area contributed by atoms with Gasteiger partial charge in [0.2, 0.25) is 0 Å². The third kappa shape index (κ3) is 2.56. The fourth-order valence-electron chi connectivity index (χ4n) is 2.55. The summed E-state index contributed by atoms with van der Waals surface area (Å²) in [7, 11) is 0. The summed E-state index contributed by atoms with van der Waals surface area (Å²) >= 11 is 3.59. The zero-order valence-electron chi connectivity index (χ0n) is 11.0. The summed E-state index contributed by atoms with van der Waals surface area (Å²) in [5.41, 5.74) is 8.46. The number of anilines is 1. The number of guanidine groups is 1. The number of aliphatic imine (C=N–C) groups is 1. The Balaban J connectivity index is 1.87. The third-order valence-corrected chi connectivity index (χ3v) is 4.17. The molecule has 0 aromatic heterocycles. The lowest BCUT2D eigenvalue weighted by Gasteiger charge is -2.27. The number of rotatable bonds is 3. The first-order valence-electron chi connectivity index (χ1n) is 6.63. The molecule has 0 saturated heterocycles. The van der Waals surface area contributed by atoms with Crippen molar-refractivity contribution in [1.29, 1.82) is 0 Å². The minimum Gasteiger partial charge on any atom is -0.370 e. The summed E-state index contributed by atoms with van der Waals surface area (Å²) in [5.74, 6) is 0.595. The van der Waals surface area contributed by atoms with Crippen molar-refractivity contribution >= 4 is 27.6 Å². The van der Waals surface area contributed by atoms with Crippen LogP contribution in [0, 0.1) is 0 Å². The highest BCUT2D eigenvalue weighted by molar-refractivity contribution is 9.10. The van der Waals surface area contributed by atoms with Gasteiger partial charge in [0, 0.05) is 4.47 Å². The fraction of sp³-hybridized carbons (Fsp3) is 0.188. The zero-order valence-corrected chi connectivity index (χ0v) is 12.6. The molecule has 0 amide bonds. The standard InChI is InChI=1S/C16H16BrN3/c17-14-8-4-5-9-15(14)20-13(11-19-16(20)18)10-12-6-2-1-3-7-12/h1-9,13H,10-11H2,(H2,18,19). The van der Waals surface area contributed by atoms with Gasteiger partial charge in [-0.2, -0.15) is 0 Å². The van der Waals surface area contributed by atoms with E-state index in [-0.39, 0.29) is 6.04 Å². The van der Waals surface area contributed by atoms with E-state index < -0.39 is 0 Å². The average Bonchev–Trinajstić information content (AvgIpc) is 2.82. The highest BCUT2D eigenvalue weighted by Crippen LogP contribution is 2.30. The molecular formula is C16H16BrN3. The van der Waals surface area contributed by atoms with E-state index >= 15 is 0 Å². The van der Waals surface area contributed by atoms with Gasteiger partial charge < -0.3 is 10.6 Å². The van der Waals surface area contributed by atoms with Crippen LogP contribution in [0.3, 0.4) is 0 Å². The molecule has 2 aromatic carbocycles. The van der Waals surface area contributed by atoms with Crippen molar-refractivity contribution in [2.75, 3.05) is 11.4 Å². The first-order valence-corrected chi connectivity index (χ1v) is 7.42. The zero-order chi connectivity index (χ0) is 13.9. The molecule has 1 unspecified atom stereocenters. The molecule has 1 aliphatic heterocycles. The molecule has 3 rings (SSSR count). The van der Waals surface area contributed by atoms with Gasteiger partial charge in [-0.3, -0.25) is 4.99 Å². The van der Waals surface area contributed by atoms with Crippen LogP contribution in [0.5, 0.6) is 0 Å². The van der Waals surface area contributed by atoms with Crippen molar-refractivity contribution in [3.05, 3.63) is 64.6 Å². The van der Waals surface area contributed by atoms with Crippen molar-refractivity contribution in [2.45, 2.75) is 12.5 Å². The van der Waals surface area contributed by atoms with E-state index in [2.05, 4.69) is 56.2 Å². The monoisotopic (exact) mass is 329 g/mol. The molecule has 0 bridgehead atoms. The Labute approximate surface area is 127 Å². The van der Waals surface area contributed by atoms with Crippen LogP contribution in [-0.2, 0) is 6.42 Å². The topological polar surface area (TPSA) is 41.6 Å². The van der Waals surface area contributed by atoms with Crippen LogP contribution in [0.2, 0.25) is 0 Å². The first-order chi connectivity index (χ1) is 9.75. The summed E-state index contributed by atoms with van der Waals surface area (Å²) in [5, 5.41) is 0. The number of nitrogens with zero attached hydrogens (tertiary/aromatic N) is 2. The molecule has 1 atom stereocenters. The SMILES string of the molecule is NC1=NCC(Cc2ccccc2)N1c1ccccc1Br. The largest absolute Gasteiger partial charge is 0.370 e. The lowest BCUT2D eigenvalue weighted by atomic mass is 10.0. The van der Waals surface area contributed by atoms with E-state index in [1.54, 1.807) is 0 Å². The quantitative estimate of drug-likeness (QED) is 0.939. The number of hydrogen-bond acceptors (Lipinski definition) is 3. The van der Waals surface area contributed by atoms with Crippen LogP contribution in [0.25, 0.3) is 0 Å². The first kappa shape index (κ1) is 13.2. The lowest BCUT2D eigenvalue weighted by molar-refractivity contribution is 0.703. The highest BCUT2D eigenvalue weighted by Gasteiger charge is 2.28. The molecule has 102 valence electrons. The van der Waals surface area contributed by atoms with Crippen molar-refractivity contribution in [1.82, 2.24) is 0 Å². The minimum atomic E-state index is 0.274. The maximum absolute atomic E-state index is 6.08. The lowest BCUT2D eigenvalue weighted by Crippen LogP contribution is -2.42. The number of halogens is 1. The number of benzene rings is 2. The van der Waals surface area contributed by atoms with Gasteiger partial charge in [-0.1, -0.05) is 42.5 Å². The van der Waals surface area contributed by atoms with Crippen LogP contribution in [-0.4, -0.2) is 18.5 Å². The molecule has 2 N–H and O–H groups in total. The van der Waals surface area contributed by atoms with Crippen molar-refractivity contribution in [2.24, 2.45) is 10.7 Å². The van der Waals surface area contributed by atoms with Crippen molar-refractivity contribution in [3.63, 3.8) is 0 Å². The molecule has 1 heterocycles. The van der Waals surface area contributed by atoms with Gasteiger partial charge in [0.15, 0.2) is 5.96 Å². The Morgan fingerprint density at radius 1 is 1.10 bits per heavy atom. The second-order valence-electron chi connectivity index (χ2n) is 4.86. The normalized spacial score (nSPS) is 18.1. The molecule has 20 heavy (non-hydrogen) atoms. The van der Waals surface area contributed by atoms with E-state index in [0.29, 0.717) is 5.96 Å². The van der Waals surface area contributed by atoms with Crippen molar-refractivity contribution in [3.8, 4) is 0 Å². The maximum Gasteiger partial charge on any atom is 0.196 e. The number of para-hydroxylation sites is 1. The smallest absolute Gasteiger partial charge is 0.196 e. The van der Waals surface area contributed by atoms with Crippen LogP contribution >= 0.6 is 15.9 Å². The molecule has 0 aliphatic carbocycles. The Hall–Kier alpha value is -1.81. The highest BCUT2D eigenvalue weighted by atomic mass is 79.9. The number of nitrogens with two attached hydrogens (primary N) is 1. The van der Waals surface area contributed by atoms with Crippen LogP contribution in [0.15, 0.2) is 64.1 Å². The van der Waals surface area contributed by atoms with E-state index in [0.717, 1.165) is 23.1 Å². The fourth-order valence-corrected chi connectivity index (χ4v) is 3.03. The van der Waals surface area contributed by atoms with Gasteiger partial charge in [-0.05, 0) is 40.0 Å². The van der Waals surface area contributed by atoms with Gasteiger partial charge in [-0.25, -0.2) is 0 Å². The summed E-state index contributed by atoms with van der Waals surface area (Å²) in [6, 6.07) is 18.9. The van der Waals surface area contributed by atoms with E-state index in [9.17, 15) is 0 Å². The minimum absolute atomic E-state index is 0.274. The van der Waals surface area contributed by atoms with Crippen LogP contribution < -0.4 is 10.6 Å². The second-order valence-corrected chi connectivity index (χ2v) is 5.72. The Kier molecular flexibility index (Phi) is 3.74. The summed E-state index contributed by atoms with van der Waals surface area (Å²) in [4.78, 5) is 6.53. The predicted molar refractivity (Wildman–Crippen MR) is 87.0 cm³/mol. The van der Waals surface area contributed by atoms with Gasteiger partial charge >= 0.3 is 0 Å². The molecule has 2 aromatic rings. The predicted octanol–water partition coefficient (Wildman–Crippen LogP) is 3.20. The molecular weight excluding hydrogens is 314 g/mol. The summed E-state index contributed by atoms with van der Waals surface area (Å²) in [6.07, 6.45) is 0.937. The Morgan fingerprint density at radius 3 is 2.55 bits per heavy atom. The van der Waals surface area contributed by atoms with Gasteiger partial charge in [-0.15, -0.1) is 0 Å². The number of hydrogen-bond donors (Lipinski definition) is 1. The molecule has 3 nitrogen and oxygen atoms in total. The van der Waals surface area contributed by atoms with Gasteiger partial charge in [0.25, 0.3) is 0 Å². The van der Waals surface area contributed by atoms with Gasteiger partial charge in [0.1, 0.15) is 0 Å². The van der Waals surface area contributed by atoms with E-state index in [4.69, 9.17) is 5.73 Å². The molecule has 0 saturated carbocycles. The maximum atomic E-state index is 6.08. The Morgan fingerprint density at radius 2 is 1.80 bits per heavy atom. The molecule has 0 radical (unpaired) electrons. The summed E-state index contributed by atoms with van der Waals surface area (Å²) < 4.78 is 1.04. The second kappa shape index (κ2) is 5.67. The van der Waals surface area contributed by atoms with E-state index in [1.165, 1.54) is 5.56 Å².